The first-order valence-corrected chi connectivity index (χ1v) is 7.65. The Bertz CT molecular complexity index is 656. The van der Waals surface area contributed by atoms with Crippen LogP contribution in [0.25, 0.3) is 0 Å². The summed E-state index contributed by atoms with van der Waals surface area (Å²) in [5.41, 5.74) is 1.77. The Morgan fingerprint density at radius 2 is 2.13 bits per heavy atom. The van der Waals surface area contributed by atoms with Crippen LogP contribution in [0.2, 0.25) is 0 Å². The van der Waals surface area contributed by atoms with Gasteiger partial charge in [0.25, 0.3) is 0 Å². The molecule has 0 bridgehead atoms. The molecule has 2 aromatic rings. The third-order valence-electron chi connectivity index (χ3n) is 3.73. The minimum Gasteiger partial charge on any atom is -0.493 e. The number of rotatable bonds is 6. The summed E-state index contributed by atoms with van der Waals surface area (Å²) < 4.78 is 29.8. The van der Waals surface area contributed by atoms with Crippen molar-refractivity contribution in [2.24, 2.45) is 0 Å². The van der Waals surface area contributed by atoms with Gasteiger partial charge in [0.15, 0.2) is 11.5 Å². The lowest BCUT2D eigenvalue weighted by molar-refractivity contribution is 0.138. The predicted molar refractivity (Wildman–Crippen MR) is 86.6 cm³/mol. The van der Waals surface area contributed by atoms with Crippen molar-refractivity contribution in [3.63, 3.8) is 0 Å². The van der Waals surface area contributed by atoms with Gasteiger partial charge in [-0.25, -0.2) is 4.39 Å². The molecule has 122 valence electrons. The fourth-order valence-corrected chi connectivity index (χ4v) is 2.52. The molecule has 3 rings (SSSR count). The van der Waals surface area contributed by atoms with Crippen LogP contribution in [0, 0.1) is 5.82 Å². The number of methoxy groups -OCH3 is 1. The first-order valence-electron chi connectivity index (χ1n) is 7.65. The van der Waals surface area contributed by atoms with Crippen molar-refractivity contribution in [2.45, 2.75) is 19.1 Å². The van der Waals surface area contributed by atoms with Crippen LogP contribution in [0.4, 0.5) is 10.1 Å². The average Bonchev–Trinajstić information content (AvgIpc) is 3.06. The van der Waals surface area contributed by atoms with E-state index in [1.54, 1.807) is 13.2 Å². The summed E-state index contributed by atoms with van der Waals surface area (Å²) in [5.74, 6) is 1.14. The van der Waals surface area contributed by atoms with Gasteiger partial charge >= 0.3 is 0 Å². The van der Waals surface area contributed by atoms with E-state index in [2.05, 4.69) is 5.32 Å². The molecule has 0 aliphatic carbocycles. The standard InChI is InChI=1S/C18H20FNO3/c1-21-17-6-5-15(10-18(17)23-16-7-8-22-12-16)20-11-13-3-2-4-14(19)9-13/h2-6,9-10,16,20H,7-8,11-12H2,1H3/t16-/m1/s1. The summed E-state index contributed by atoms with van der Waals surface area (Å²) in [6.45, 7) is 1.87. The molecule has 2 aromatic carbocycles. The fraction of sp³-hybridized carbons (Fsp3) is 0.333. The van der Waals surface area contributed by atoms with Crippen molar-refractivity contribution in [3.05, 3.63) is 53.8 Å². The summed E-state index contributed by atoms with van der Waals surface area (Å²) in [6, 6.07) is 12.2. The van der Waals surface area contributed by atoms with Gasteiger partial charge in [-0.2, -0.15) is 0 Å². The van der Waals surface area contributed by atoms with E-state index in [-0.39, 0.29) is 11.9 Å². The highest BCUT2D eigenvalue weighted by atomic mass is 19.1. The molecule has 0 unspecified atom stereocenters. The number of benzene rings is 2. The third-order valence-corrected chi connectivity index (χ3v) is 3.73. The van der Waals surface area contributed by atoms with Gasteiger partial charge in [-0.1, -0.05) is 12.1 Å². The van der Waals surface area contributed by atoms with Crippen LogP contribution in [0.1, 0.15) is 12.0 Å². The normalized spacial score (nSPS) is 17.0. The molecule has 1 atom stereocenters. The Hall–Kier alpha value is -2.27. The van der Waals surface area contributed by atoms with Crippen molar-refractivity contribution in [1.82, 2.24) is 0 Å². The van der Waals surface area contributed by atoms with E-state index in [0.29, 0.717) is 24.7 Å². The minimum atomic E-state index is -0.232. The molecule has 0 radical (unpaired) electrons. The van der Waals surface area contributed by atoms with E-state index in [0.717, 1.165) is 24.3 Å². The number of hydrogen-bond acceptors (Lipinski definition) is 4. The summed E-state index contributed by atoms with van der Waals surface area (Å²) in [4.78, 5) is 0. The Kier molecular flexibility index (Phi) is 4.98. The third kappa shape index (κ3) is 4.13. The predicted octanol–water partition coefficient (Wildman–Crippen LogP) is 3.61. The molecule has 5 heteroatoms. The van der Waals surface area contributed by atoms with Gasteiger partial charge in [-0.15, -0.1) is 0 Å². The second-order valence-corrected chi connectivity index (χ2v) is 5.45. The summed E-state index contributed by atoms with van der Waals surface area (Å²) >= 11 is 0. The molecule has 0 saturated carbocycles. The molecular weight excluding hydrogens is 297 g/mol. The number of nitrogens with one attached hydrogen (secondary N) is 1. The SMILES string of the molecule is COc1ccc(NCc2cccc(F)c2)cc1O[C@@H]1CCOC1. The summed E-state index contributed by atoms with van der Waals surface area (Å²) in [5, 5.41) is 3.27. The van der Waals surface area contributed by atoms with E-state index in [4.69, 9.17) is 14.2 Å². The quantitative estimate of drug-likeness (QED) is 0.883. The minimum absolute atomic E-state index is 0.0577. The largest absolute Gasteiger partial charge is 0.493 e. The van der Waals surface area contributed by atoms with Gasteiger partial charge in [-0.3, -0.25) is 0 Å². The number of anilines is 1. The second kappa shape index (κ2) is 7.33. The van der Waals surface area contributed by atoms with E-state index in [9.17, 15) is 4.39 Å². The zero-order valence-electron chi connectivity index (χ0n) is 13.0. The Balaban J connectivity index is 1.69. The smallest absolute Gasteiger partial charge is 0.163 e. The van der Waals surface area contributed by atoms with Gasteiger partial charge < -0.3 is 19.5 Å². The van der Waals surface area contributed by atoms with Gasteiger partial charge in [0, 0.05) is 24.7 Å². The molecule has 1 aliphatic rings. The lowest BCUT2D eigenvalue weighted by atomic mass is 10.2. The first-order chi connectivity index (χ1) is 11.2. The zero-order valence-corrected chi connectivity index (χ0v) is 13.0. The topological polar surface area (TPSA) is 39.7 Å². The molecule has 0 amide bonds. The van der Waals surface area contributed by atoms with Crippen molar-refractivity contribution in [3.8, 4) is 11.5 Å². The second-order valence-electron chi connectivity index (χ2n) is 5.45. The zero-order chi connectivity index (χ0) is 16.1. The van der Waals surface area contributed by atoms with Gasteiger partial charge in [0.1, 0.15) is 11.9 Å². The molecule has 0 aromatic heterocycles. The molecule has 0 spiro atoms. The highest BCUT2D eigenvalue weighted by Gasteiger charge is 2.19. The molecule has 23 heavy (non-hydrogen) atoms. The molecule has 1 heterocycles. The number of halogens is 1. The molecule has 4 nitrogen and oxygen atoms in total. The molecular formula is C18H20FNO3. The van der Waals surface area contributed by atoms with Gasteiger partial charge in [-0.05, 0) is 29.8 Å². The van der Waals surface area contributed by atoms with Crippen LogP contribution in [-0.2, 0) is 11.3 Å². The maximum atomic E-state index is 13.2. The maximum Gasteiger partial charge on any atom is 0.163 e. The first kappa shape index (κ1) is 15.6. The van der Waals surface area contributed by atoms with Gasteiger partial charge in [0.2, 0.25) is 0 Å². The van der Waals surface area contributed by atoms with Crippen LogP contribution in [0.3, 0.4) is 0 Å². The molecule has 1 fully saturated rings. The lowest BCUT2D eigenvalue weighted by Gasteiger charge is -2.16. The number of hydrogen-bond donors (Lipinski definition) is 1. The van der Waals surface area contributed by atoms with Crippen molar-refractivity contribution < 1.29 is 18.6 Å². The van der Waals surface area contributed by atoms with Crippen molar-refractivity contribution >= 4 is 5.69 Å². The monoisotopic (exact) mass is 317 g/mol. The Morgan fingerprint density at radius 1 is 1.22 bits per heavy atom. The van der Waals surface area contributed by atoms with E-state index in [1.807, 2.05) is 24.3 Å². The highest BCUT2D eigenvalue weighted by molar-refractivity contribution is 5.55. The van der Waals surface area contributed by atoms with Crippen LogP contribution in [-0.4, -0.2) is 26.4 Å². The lowest BCUT2D eigenvalue weighted by Crippen LogP contribution is -2.16. The molecule has 1 aliphatic heterocycles. The van der Waals surface area contributed by atoms with Crippen LogP contribution >= 0.6 is 0 Å². The van der Waals surface area contributed by atoms with E-state index in [1.165, 1.54) is 12.1 Å². The molecule has 1 saturated heterocycles. The highest BCUT2D eigenvalue weighted by Crippen LogP contribution is 2.32. The Morgan fingerprint density at radius 3 is 2.87 bits per heavy atom. The summed E-state index contributed by atoms with van der Waals surface area (Å²) in [7, 11) is 1.62. The van der Waals surface area contributed by atoms with Gasteiger partial charge in [0.05, 0.1) is 20.3 Å². The Labute approximate surface area is 135 Å². The van der Waals surface area contributed by atoms with E-state index >= 15 is 0 Å². The van der Waals surface area contributed by atoms with Crippen molar-refractivity contribution in [2.75, 3.05) is 25.6 Å². The van der Waals surface area contributed by atoms with E-state index < -0.39 is 0 Å². The van der Waals surface area contributed by atoms with Crippen LogP contribution in [0.15, 0.2) is 42.5 Å². The summed E-state index contributed by atoms with van der Waals surface area (Å²) in [6.07, 6.45) is 0.937. The van der Waals surface area contributed by atoms with Crippen molar-refractivity contribution in [1.29, 1.82) is 0 Å². The van der Waals surface area contributed by atoms with Crippen LogP contribution < -0.4 is 14.8 Å². The average molecular weight is 317 g/mol. The van der Waals surface area contributed by atoms with Crippen LogP contribution in [0.5, 0.6) is 11.5 Å². The maximum absolute atomic E-state index is 13.2. The fourth-order valence-electron chi connectivity index (χ4n) is 2.52. The number of ether oxygens (including phenoxy) is 3. The molecule has 1 N–H and O–H groups in total.